The Balaban J connectivity index is 1.65. The first kappa shape index (κ1) is 20.0. The van der Waals surface area contributed by atoms with Crippen molar-refractivity contribution in [2.24, 2.45) is 0 Å². The van der Waals surface area contributed by atoms with Crippen molar-refractivity contribution < 1.29 is 13.6 Å². The second kappa shape index (κ2) is 8.57. The van der Waals surface area contributed by atoms with E-state index in [1.165, 1.54) is 24.3 Å². The largest absolute Gasteiger partial charge is 0.338 e. The number of nitrogens with zero attached hydrogens (tertiary/aromatic N) is 2. The number of hydrogen-bond donors (Lipinski definition) is 0. The van der Waals surface area contributed by atoms with E-state index in [4.69, 9.17) is 0 Å². The van der Waals surface area contributed by atoms with Gasteiger partial charge in [0.05, 0.1) is 5.56 Å². The summed E-state index contributed by atoms with van der Waals surface area (Å²) in [6, 6.07) is 14.6. The second-order valence-corrected chi connectivity index (χ2v) is 7.54. The van der Waals surface area contributed by atoms with Crippen LogP contribution in [0, 0.1) is 18.6 Å². The average molecular weight is 404 g/mol. The molecule has 1 amide bonds. The monoisotopic (exact) mass is 404 g/mol. The Morgan fingerprint density at radius 3 is 2.00 bits per heavy atom. The number of carbonyl (C=O) groups is 1. The smallest absolute Gasteiger partial charge is 0.255 e. The van der Waals surface area contributed by atoms with Gasteiger partial charge in [-0.15, -0.1) is 0 Å². The Kier molecular flexibility index (Phi) is 5.70. The Morgan fingerprint density at radius 1 is 0.867 bits per heavy atom. The minimum absolute atomic E-state index is 0.0386. The molecule has 3 nitrogen and oxygen atoms in total. The van der Waals surface area contributed by atoms with Gasteiger partial charge in [0.15, 0.2) is 0 Å². The van der Waals surface area contributed by atoms with Crippen LogP contribution in [0.2, 0.25) is 0 Å². The predicted octanol–water partition coefficient (Wildman–Crippen LogP) is 5.41. The quantitative estimate of drug-likeness (QED) is 0.585. The van der Waals surface area contributed by atoms with Crippen LogP contribution in [-0.4, -0.2) is 28.9 Å². The summed E-state index contributed by atoms with van der Waals surface area (Å²) in [5.41, 5.74) is 4.91. The standard InChI is InChI=1S/C25H22F2N2O/c1-17-12-21(16-28-15-17)25(30)29-10-8-18(9-11-29)24(19-4-2-6-22(26)13-19)20-5-3-7-23(27)14-20/h2-7,12-16H,8-11H2,1H3. The van der Waals surface area contributed by atoms with Crippen LogP contribution in [0.4, 0.5) is 8.78 Å². The van der Waals surface area contributed by atoms with Crippen molar-refractivity contribution in [3.63, 3.8) is 0 Å². The SMILES string of the molecule is Cc1cncc(C(=O)N2CCC(=C(c3cccc(F)c3)c3cccc(F)c3)CC2)c1. The third-order valence-corrected chi connectivity index (χ3v) is 5.36. The van der Waals surface area contributed by atoms with Crippen molar-refractivity contribution in [1.82, 2.24) is 9.88 Å². The summed E-state index contributed by atoms with van der Waals surface area (Å²) in [7, 11) is 0. The fraction of sp³-hybridized carbons (Fsp3) is 0.200. The van der Waals surface area contributed by atoms with Gasteiger partial charge in [-0.3, -0.25) is 9.78 Å². The minimum atomic E-state index is -0.332. The van der Waals surface area contributed by atoms with Gasteiger partial charge in [0, 0.05) is 25.5 Å². The van der Waals surface area contributed by atoms with Gasteiger partial charge in [0.25, 0.3) is 5.91 Å². The van der Waals surface area contributed by atoms with Crippen molar-refractivity contribution in [2.45, 2.75) is 19.8 Å². The lowest BCUT2D eigenvalue weighted by Crippen LogP contribution is -2.36. The van der Waals surface area contributed by atoms with E-state index < -0.39 is 0 Å². The highest BCUT2D eigenvalue weighted by molar-refractivity contribution is 5.94. The number of pyridine rings is 1. The molecule has 1 saturated heterocycles. The van der Waals surface area contributed by atoms with E-state index in [0.29, 0.717) is 31.5 Å². The fourth-order valence-corrected chi connectivity index (χ4v) is 3.95. The van der Waals surface area contributed by atoms with E-state index in [9.17, 15) is 13.6 Å². The maximum Gasteiger partial charge on any atom is 0.255 e. The van der Waals surface area contributed by atoms with Gasteiger partial charge in [-0.2, -0.15) is 0 Å². The number of piperidine rings is 1. The topological polar surface area (TPSA) is 33.2 Å². The molecule has 1 aliphatic heterocycles. The molecule has 0 spiro atoms. The molecule has 0 N–H and O–H groups in total. The van der Waals surface area contributed by atoms with Crippen LogP contribution in [0.1, 0.15) is 39.9 Å². The number of hydrogen-bond acceptors (Lipinski definition) is 2. The molecule has 2 heterocycles. The molecular formula is C25H22F2N2O. The van der Waals surface area contributed by atoms with Crippen LogP contribution in [0.3, 0.4) is 0 Å². The summed E-state index contributed by atoms with van der Waals surface area (Å²) >= 11 is 0. The number of halogens is 2. The van der Waals surface area contributed by atoms with Crippen molar-refractivity contribution in [1.29, 1.82) is 0 Å². The molecule has 0 radical (unpaired) electrons. The Bertz CT molecular complexity index is 1070. The molecular weight excluding hydrogens is 382 g/mol. The lowest BCUT2D eigenvalue weighted by molar-refractivity contribution is 0.0743. The molecule has 0 unspecified atom stereocenters. The molecule has 0 saturated carbocycles. The highest BCUT2D eigenvalue weighted by Crippen LogP contribution is 2.33. The lowest BCUT2D eigenvalue weighted by atomic mass is 9.88. The number of benzene rings is 2. The summed E-state index contributed by atoms with van der Waals surface area (Å²) in [4.78, 5) is 18.8. The van der Waals surface area contributed by atoms with Gasteiger partial charge in [-0.05, 0) is 72.4 Å². The van der Waals surface area contributed by atoms with Crippen LogP contribution in [0.25, 0.3) is 5.57 Å². The summed E-state index contributed by atoms with van der Waals surface area (Å²) in [5.74, 6) is -0.702. The van der Waals surface area contributed by atoms with E-state index in [0.717, 1.165) is 27.8 Å². The summed E-state index contributed by atoms with van der Waals surface area (Å²) in [6.07, 6.45) is 4.60. The van der Waals surface area contributed by atoms with Gasteiger partial charge in [-0.25, -0.2) is 8.78 Å². The van der Waals surface area contributed by atoms with Crippen molar-refractivity contribution in [3.8, 4) is 0 Å². The first-order valence-corrected chi connectivity index (χ1v) is 9.96. The highest BCUT2D eigenvalue weighted by Gasteiger charge is 2.23. The molecule has 0 aliphatic carbocycles. The maximum atomic E-state index is 13.9. The number of rotatable bonds is 3. The molecule has 2 aromatic carbocycles. The normalized spacial score (nSPS) is 14.0. The first-order chi connectivity index (χ1) is 14.5. The van der Waals surface area contributed by atoms with Gasteiger partial charge < -0.3 is 4.90 Å². The molecule has 1 fully saturated rings. The average Bonchev–Trinajstić information content (AvgIpc) is 2.74. The Labute approximate surface area is 174 Å². The van der Waals surface area contributed by atoms with Gasteiger partial charge in [0.1, 0.15) is 11.6 Å². The van der Waals surface area contributed by atoms with E-state index in [2.05, 4.69) is 4.98 Å². The minimum Gasteiger partial charge on any atom is -0.338 e. The molecule has 1 aromatic heterocycles. The van der Waals surface area contributed by atoms with E-state index >= 15 is 0 Å². The fourth-order valence-electron chi connectivity index (χ4n) is 3.95. The molecule has 4 rings (SSSR count). The Morgan fingerprint density at radius 2 is 1.47 bits per heavy atom. The molecule has 30 heavy (non-hydrogen) atoms. The molecule has 0 bridgehead atoms. The number of likely N-dealkylation sites (tertiary alicyclic amines) is 1. The summed E-state index contributed by atoms with van der Waals surface area (Å²) in [6.45, 7) is 3.01. The predicted molar refractivity (Wildman–Crippen MR) is 113 cm³/mol. The molecule has 3 aromatic rings. The van der Waals surface area contributed by atoms with E-state index in [-0.39, 0.29) is 17.5 Å². The molecule has 0 atom stereocenters. The third kappa shape index (κ3) is 4.30. The van der Waals surface area contributed by atoms with E-state index in [1.807, 2.05) is 30.0 Å². The van der Waals surface area contributed by atoms with Crippen molar-refractivity contribution >= 4 is 11.5 Å². The van der Waals surface area contributed by atoms with Crippen molar-refractivity contribution in [2.75, 3.05) is 13.1 Å². The van der Waals surface area contributed by atoms with Crippen molar-refractivity contribution in [3.05, 3.63) is 106 Å². The lowest BCUT2D eigenvalue weighted by Gasteiger charge is -2.30. The molecule has 1 aliphatic rings. The van der Waals surface area contributed by atoms with Crippen LogP contribution < -0.4 is 0 Å². The number of amides is 1. The van der Waals surface area contributed by atoms with Crippen LogP contribution >= 0.6 is 0 Å². The van der Waals surface area contributed by atoms with Gasteiger partial charge >= 0.3 is 0 Å². The second-order valence-electron chi connectivity index (χ2n) is 7.54. The Hall–Kier alpha value is -3.34. The third-order valence-electron chi connectivity index (χ3n) is 5.36. The van der Waals surface area contributed by atoms with Crippen LogP contribution in [0.5, 0.6) is 0 Å². The van der Waals surface area contributed by atoms with Crippen LogP contribution in [-0.2, 0) is 0 Å². The molecule has 5 heteroatoms. The summed E-state index contributed by atoms with van der Waals surface area (Å²) in [5, 5.41) is 0. The zero-order chi connectivity index (χ0) is 21.1. The van der Waals surface area contributed by atoms with Gasteiger partial charge in [-0.1, -0.05) is 29.8 Å². The highest BCUT2D eigenvalue weighted by atomic mass is 19.1. The van der Waals surface area contributed by atoms with Gasteiger partial charge in [0.2, 0.25) is 0 Å². The zero-order valence-electron chi connectivity index (χ0n) is 16.7. The van der Waals surface area contributed by atoms with E-state index in [1.54, 1.807) is 24.5 Å². The maximum absolute atomic E-state index is 13.9. The summed E-state index contributed by atoms with van der Waals surface area (Å²) < 4.78 is 27.8. The zero-order valence-corrected chi connectivity index (χ0v) is 16.7. The number of aryl methyl sites for hydroxylation is 1. The van der Waals surface area contributed by atoms with Crippen LogP contribution in [0.15, 0.2) is 72.6 Å². The molecule has 152 valence electrons. The first-order valence-electron chi connectivity index (χ1n) is 9.96. The number of aromatic nitrogens is 1. The number of carbonyl (C=O) groups excluding carboxylic acids is 1.